The molecule has 43 heavy (non-hydrogen) atoms. The van der Waals surface area contributed by atoms with Crippen molar-refractivity contribution in [1.82, 2.24) is 29.7 Å². The zero-order valence-electron chi connectivity index (χ0n) is 23.1. The van der Waals surface area contributed by atoms with Gasteiger partial charge in [-0.05, 0) is 74.7 Å². The second kappa shape index (κ2) is 10.6. The summed E-state index contributed by atoms with van der Waals surface area (Å²) < 4.78 is 42.1. The smallest absolute Gasteiger partial charge is 0.442 e. The summed E-state index contributed by atoms with van der Waals surface area (Å²) >= 11 is 0. The summed E-state index contributed by atoms with van der Waals surface area (Å²) in [6, 6.07) is 13.2. The minimum Gasteiger partial charge on any atom is -0.442 e. The molecule has 4 heterocycles. The minimum absolute atomic E-state index is 0.0259. The van der Waals surface area contributed by atoms with Crippen molar-refractivity contribution >= 4 is 22.9 Å². The highest BCUT2D eigenvalue weighted by molar-refractivity contribution is 5.88. The number of alkyl halides is 2. The molecule has 3 aromatic heterocycles. The molecule has 1 N–H and O–H groups in total. The standard InChI is InChI=1S/C30H23F2N7O4/c1-29(2,3)43-28(40)39-23-8-5-18(14-20(23)17-36-39)4-7-21-10-12-33-26(37-21)22-11-13-34-27(38-22)35-16-19-6-9-24-25(15-19)42-30(31,32)41-24/h5-6,8-15,17H,16H2,1-3H3,(H,34,35,38). The van der Waals surface area contributed by atoms with Crippen LogP contribution in [0.3, 0.4) is 0 Å². The van der Waals surface area contributed by atoms with Crippen LogP contribution in [0.4, 0.5) is 19.5 Å². The Hall–Kier alpha value is -5.64. The van der Waals surface area contributed by atoms with Crippen molar-refractivity contribution in [3.63, 3.8) is 0 Å². The van der Waals surface area contributed by atoms with E-state index in [1.165, 1.54) is 16.8 Å². The largest absolute Gasteiger partial charge is 0.586 e. The van der Waals surface area contributed by atoms with Crippen LogP contribution in [0.2, 0.25) is 0 Å². The molecule has 2 aromatic carbocycles. The number of benzene rings is 2. The van der Waals surface area contributed by atoms with Gasteiger partial charge in [-0.3, -0.25) is 0 Å². The van der Waals surface area contributed by atoms with Crippen LogP contribution in [0.1, 0.15) is 37.6 Å². The number of fused-ring (bicyclic) bond motifs is 2. The summed E-state index contributed by atoms with van der Waals surface area (Å²) in [5.74, 6) is 6.68. The van der Waals surface area contributed by atoms with E-state index >= 15 is 0 Å². The Morgan fingerprint density at radius 3 is 2.65 bits per heavy atom. The van der Waals surface area contributed by atoms with Crippen molar-refractivity contribution in [2.75, 3.05) is 5.32 Å². The van der Waals surface area contributed by atoms with Crippen LogP contribution in [0.25, 0.3) is 22.4 Å². The number of nitrogens with one attached hydrogen (secondary N) is 1. The van der Waals surface area contributed by atoms with Crippen LogP contribution in [-0.4, -0.2) is 47.7 Å². The molecule has 0 amide bonds. The molecule has 1 aliphatic heterocycles. The zero-order chi connectivity index (χ0) is 30.2. The number of anilines is 1. The number of nitrogens with zero attached hydrogens (tertiary/aromatic N) is 6. The third-order valence-corrected chi connectivity index (χ3v) is 5.93. The molecule has 6 rings (SSSR count). The van der Waals surface area contributed by atoms with Crippen molar-refractivity contribution in [3.05, 3.63) is 83.9 Å². The second-order valence-electron chi connectivity index (χ2n) is 10.4. The molecule has 11 nitrogen and oxygen atoms in total. The molecule has 0 saturated carbocycles. The summed E-state index contributed by atoms with van der Waals surface area (Å²) in [5.41, 5.74) is 2.27. The Bertz CT molecular complexity index is 1930. The molecule has 0 aliphatic carbocycles. The molecule has 0 bridgehead atoms. The fourth-order valence-corrected chi connectivity index (χ4v) is 4.10. The molecular weight excluding hydrogens is 560 g/mol. The third kappa shape index (κ3) is 6.33. The Morgan fingerprint density at radius 2 is 1.81 bits per heavy atom. The lowest BCUT2D eigenvalue weighted by atomic mass is 10.1. The van der Waals surface area contributed by atoms with Gasteiger partial charge in [0.1, 0.15) is 17.0 Å². The summed E-state index contributed by atoms with van der Waals surface area (Å²) in [7, 11) is 0. The van der Waals surface area contributed by atoms with Gasteiger partial charge in [0.15, 0.2) is 17.3 Å². The number of aromatic nitrogens is 6. The molecule has 1 aliphatic rings. The van der Waals surface area contributed by atoms with Crippen LogP contribution < -0.4 is 14.8 Å². The van der Waals surface area contributed by atoms with E-state index in [0.29, 0.717) is 39.8 Å². The third-order valence-electron chi connectivity index (χ3n) is 5.93. The van der Waals surface area contributed by atoms with E-state index < -0.39 is 18.0 Å². The molecule has 5 aromatic rings. The fraction of sp³-hybridized carbons (Fsp3) is 0.200. The average molecular weight is 584 g/mol. The lowest BCUT2D eigenvalue weighted by molar-refractivity contribution is -0.286. The molecule has 216 valence electrons. The first-order valence-electron chi connectivity index (χ1n) is 13.0. The maximum Gasteiger partial charge on any atom is 0.586 e. The summed E-state index contributed by atoms with van der Waals surface area (Å²) in [6.45, 7) is 5.63. The van der Waals surface area contributed by atoms with Gasteiger partial charge in [0, 0.05) is 29.9 Å². The fourth-order valence-electron chi connectivity index (χ4n) is 4.10. The Kier molecular flexibility index (Phi) is 6.81. The Morgan fingerprint density at radius 1 is 1.00 bits per heavy atom. The number of hydrogen-bond donors (Lipinski definition) is 1. The van der Waals surface area contributed by atoms with Crippen molar-refractivity contribution < 1.29 is 27.8 Å². The van der Waals surface area contributed by atoms with Crippen molar-refractivity contribution in [1.29, 1.82) is 0 Å². The lowest BCUT2D eigenvalue weighted by Crippen LogP contribution is -2.27. The highest BCUT2D eigenvalue weighted by Crippen LogP contribution is 2.41. The number of rotatable bonds is 4. The van der Waals surface area contributed by atoms with Gasteiger partial charge in [-0.25, -0.2) is 24.7 Å². The van der Waals surface area contributed by atoms with E-state index in [1.807, 2.05) is 6.07 Å². The maximum absolute atomic E-state index is 13.3. The summed E-state index contributed by atoms with van der Waals surface area (Å²) in [5, 5.41) is 7.95. The molecule has 13 heteroatoms. The monoisotopic (exact) mass is 583 g/mol. The molecule has 0 unspecified atom stereocenters. The first-order chi connectivity index (χ1) is 20.5. The average Bonchev–Trinajstić information content (AvgIpc) is 3.53. The summed E-state index contributed by atoms with van der Waals surface area (Å²) in [6.07, 6.45) is 0.486. The van der Waals surface area contributed by atoms with Crippen LogP contribution >= 0.6 is 0 Å². The highest BCUT2D eigenvalue weighted by Gasteiger charge is 2.43. The van der Waals surface area contributed by atoms with Gasteiger partial charge >= 0.3 is 12.4 Å². The topological polar surface area (TPSA) is 126 Å². The minimum atomic E-state index is -3.67. The molecule has 0 fully saturated rings. The normalized spacial score (nSPS) is 13.3. The van der Waals surface area contributed by atoms with Gasteiger partial charge in [0.25, 0.3) is 0 Å². The SMILES string of the molecule is CC(C)(C)OC(=O)n1ncc2cc(C#Cc3ccnc(-c4ccnc(NCc5ccc6c(c5)OC(F)(F)O6)n4)n3)ccc21. The van der Waals surface area contributed by atoms with Gasteiger partial charge in [-0.15, -0.1) is 8.78 Å². The summed E-state index contributed by atoms with van der Waals surface area (Å²) in [4.78, 5) is 30.0. The quantitative estimate of drug-likeness (QED) is 0.275. The molecule has 0 radical (unpaired) electrons. The molecule has 0 atom stereocenters. The van der Waals surface area contributed by atoms with Crippen LogP contribution in [0.15, 0.2) is 67.1 Å². The number of halogens is 2. The van der Waals surface area contributed by atoms with E-state index in [2.05, 4.69) is 51.7 Å². The molecule has 0 saturated heterocycles. The number of hydrogen-bond acceptors (Lipinski definition) is 10. The van der Waals surface area contributed by atoms with Gasteiger partial charge in [-0.1, -0.05) is 12.0 Å². The predicted octanol–water partition coefficient (Wildman–Crippen LogP) is 5.40. The van der Waals surface area contributed by atoms with E-state index in [9.17, 15) is 13.6 Å². The molecule has 0 spiro atoms. The Balaban J connectivity index is 1.15. The highest BCUT2D eigenvalue weighted by atomic mass is 19.3. The van der Waals surface area contributed by atoms with Crippen molar-refractivity contribution in [3.8, 4) is 34.9 Å². The van der Waals surface area contributed by atoms with Crippen LogP contribution in [-0.2, 0) is 11.3 Å². The van der Waals surface area contributed by atoms with Crippen LogP contribution in [0.5, 0.6) is 11.5 Å². The van der Waals surface area contributed by atoms with E-state index in [4.69, 9.17) is 4.74 Å². The zero-order valence-corrected chi connectivity index (χ0v) is 23.1. The first-order valence-corrected chi connectivity index (χ1v) is 13.0. The maximum atomic E-state index is 13.3. The van der Waals surface area contributed by atoms with E-state index in [-0.39, 0.29) is 18.0 Å². The predicted molar refractivity (Wildman–Crippen MR) is 150 cm³/mol. The number of ether oxygens (including phenoxy) is 3. The number of carbonyl (C=O) groups is 1. The van der Waals surface area contributed by atoms with E-state index in [1.54, 1.807) is 69.7 Å². The molecular formula is C30H23F2N7O4. The van der Waals surface area contributed by atoms with Gasteiger partial charge < -0.3 is 19.5 Å². The van der Waals surface area contributed by atoms with E-state index in [0.717, 1.165) is 5.39 Å². The van der Waals surface area contributed by atoms with Gasteiger partial charge in [0.2, 0.25) is 5.95 Å². The van der Waals surface area contributed by atoms with Crippen molar-refractivity contribution in [2.45, 2.75) is 39.2 Å². The lowest BCUT2D eigenvalue weighted by Gasteiger charge is -2.19. The van der Waals surface area contributed by atoms with Gasteiger partial charge in [-0.2, -0.15) is 9.78 Å². The Labute approximate surface area is 243 Å². The number of carbonyl (C=O) groups excluding carboxylic acids is 1. The van der Waals surface area contributed by atoms with Gasteiger partial charge in [0.05, 0.1) is 11.7 Å². The van der Waals surface area contributed by atoms with Crippen LogP contribution in [0, 0.1) is 11.8 Å². The second-order valence-corrected chi connectivity index (χ2v) is 10.4. The van der Waals surface area contributed by atoms with Crippen molar-refractivity contribution in [2.24, 2.45) is 0 Å². The first kappa shape index (κ1) is 27.5.